The van der Waals surface area contributed by atoms with Crippen molar-refractivity contribution in [3.05, 3.63) is 29.8 Å². The number of likely N-dealkylation sites (tertiary alicyclic amines) is 1. The van der Waals surface area contributed by atoms with Gasteiger partial charge in [0.05, 0.1) is 6.04 Å². The highest BCUT2D eigenvalue weighted by Crippen LogP contribution is 2.29. The van der Waals surface area contributed by atoms with Gasteiger partial charge in [0, 0.05) is 11.2 Å². The standard InChI is InChI=1S/C18H29N3O/c1-4-18(2,3)21-13-5-6-16(21)17(22)20-15-9-7-14(8-10-15)11-12-19/h7-10,16H,4-6,11-13,19H2,1-3H3,(H,20,22). The topological polar surface area (TPSA) is 58.4 Å². The van der Waals surface area contributed by atoms with E-state index in [0.29, 0.717) is 6.54 Å². The van der Waals surface area contributed by atoms with Gasteiger partial charge in [-0.2, -0.15) is 0 Å². The summed E-state index contributed by atoms with van der Waals surface area (Å²) in [5.74, 6) is 0.116. The predicted molar refractivity (Wildman–Crippen MR) is 91.9 cm³/mol. The van der Waals surface area contributed by atoms with E-state index in [4.69, 9.17) is 5.73 Å². The van der Waals surface area contributed by atoms with Crippen LogP contribution in [-0.2, 0) is 11.2 Å². The van der Waals surface area contributed by atoms with E-state index in [9.17, 15) is 4.79 Å². The molecule has 0 aliphatic carbocycles. The molecule has 1 unspecified atom stereocenters. The predicted octanol–water partition coefficient (Wildman–Crippen LogP) is 2.78. The number of nitrogens with two attached hydrogens (primary N) is 1. The molecule has 0 aromatic heterocycles. The minimum absolute atomic E-state index is 0.0151. The molecule has 1 heterocycles. The monoisotopic (exact) mass is 303 g/mol. The lowest BCUT2D eigenvalue weighted by Crippen LogP contribution is -2.50. The van der Waals surface area contributed by atoms with Gasteiger partial charge in [0.25, 0.3) is 0 Å². The molecule has 1 atom stereocenters. The molecular formula is C18H29N3O. The molecule has 1 aromatic rings. The maximum atomic E-state index is 12.6. The third kappa shape index (κ3) is 3.87. The van der Waals surface area contributed by atoms with Crippen molar-refractivity contribution in [3.63, 3.8) is 0 Å². The Hall–Kier alpha value is -1.39. The van der Waals surface area contributed by atoms with E-state index in [1.807, 2.05) is 24.3 Å². The average molecular weight is 303 g/mol. The molecule has 0 spiro atoms. The van der Waals surface area contributed by atoms with Crippen molar-refractivity contribution in [2.45, 2.75) is 58.0 Å². The van der Waals surface area contributed by atoms with Crippen LogP contribution < -0.4 is 11.1 Å². The number of nitrogens with one attached hydrogen (secondary N) is 1. The SMILES string of the molecule is CCC(C)(C)N1CCCC1C(=O)Nc1ccc(CCN)cc1. The summed E-state index contributed by atoms with van der Waals surface area (Å²) >= 11 is 0. The van der Waals surface area contributed by atoms with Crippen molar-refractivity contribution in [2.75, 3.05) is 18.4 Å². The molecule has 122 valence electrons. The molecule has 1 aliphatic rings. The first-order valence-electron chi connectivity index (χ1n) is 8.34. The van der Waals surface area contributed by atoms with Crippen molar-refractivity contribution in [1.82, 2.24) is 4.90 Å². The Bertz CT molecular complexity index is 496. The maximum absolute atomic E-state index is 12.6. The number of anilines is 1. The molecule has 4 nitrogen and oxygen atoms in total. The Morgan fingerprint density at radius 3 is 2.64 bits per heavy atom. The van der Waals surface area contributed by atoms with Crippen molar-refractivity contribution < 1.29 is 4.79 Å². The van der Waals surface area contributed by atoms with Crippen LogP contribution in [-0.4, -0.2) is 35.5 Å². The number of nitrogens with zero attached hydrogens (tertiary/aromatic N) is 1. The van der Waals surface area contributed by atoms with Crippen LogP contribution in [0.5, 0.6) is 0 Å². The van der Waals surface area contributed by atoms with Gasteiger partial charge in [0.2, 0.25) is 5.91 Å². The Balaban J connectivity index is 2.02. The maximum Gasteiger partial charge on any atom is 0.241 e. The van der Waals surface area contributed by atoms with Gasteiger partial charge in [-0.15, -0.1) is 0 Å². The Labute approximate surface area is 134 Å². The van der Waals surface area contributed by atoms with Crippen LogP contribution in [0.2, 0.25) is 0 Å². The van der Waals surface area contributed by atoms with Crippen LogP contribution in [0.25, 0.3) is 0 Å². The highest BCUT2D eigenvalue weighted by molar-refractivity contribution is 5.95. The van der Waals surface area contributed by atoms with E-state index in [2.05, 4.69) is 31.0 Å². The summed E-state index contributed by atoms with van der Waals surface area (Å²) in [5, 5.41) is 3.07. The summed E-state index contributed by atoms with van der Waals surface area (Å²) in [4.78, 5) is 15.0. The van der Waals surface area contributed by atoms with E-state index in [0.717, 1.165) is 37.9 Å². The minimum atomic E-state index is -0.0151. The number of rotatable bonds is 6. The molecule has 1 aromatic carbocycles. The number of carbonyl (C=O) groups excluding carboxylic acids is 1. The lowest BCUT2D eigenvalue weighted by molar-refractivity contribution is -0.122. The fourth-order valence-corrected chi connectivity index (χ4v) is 3.11. The van der Waals surface area contributed by atoms with E-state index >= 15 is 0 Å². The molecule has 4 heteroatoms. The molecule has 1 saturated heterocycles. The van der Waals surface area contributed by atoms with Crippen molar-refractivity contribution >= 4 is 11.6 Å². The van der Waals surface area contributed by atoms with Crippen LogP contribution >= 0.6 is 0 Å². The van der Waals surface area contributed by atoms with Crippen LogP contribution in [0, 0.1) is 0 Å². The van der Waals surface area contributed by atoms with Crippen molar-refractivity contribution in [2.24, 2.45) is 5.73 Å². The largest absolute Gasteiger partial charge is 0.330 e. The normalized spacial score (nSPS) is 19.4. The minimum Gasteiger partial charge on any atom is -0.330 e. The van der Waals surface area contributed by atoms with Crippen LogP contribution in [0.3, 0.4) is 0 Å². The molecule has 0 saturated carbocycles. The second-order valence-electron chi connectivity index (χ2n) is 6.74. The molecular weight excluding hydrogens is 274 g/mol. The van der Waals surface area contributed by atoms with Gasteiger partial charge in [-0.3, -0.25) is 9.69 Å². The van der Waals surface area contributed by atoms with Gasteiger partial charge >= 0.3 is 0 Å². The molecule has 1 amide bonds. The quantitative estimate of drug-likeness (QED) is 0.849. The van der Waals surface area contributed by atoms with E-state index in [1.54, 1.807) is 0 Å². The van der Waals surface area contributed by atoms with E-state index in [-0.39, 0.29) is 17.5 Å². The summed E-state index contributed by atoms with van der Waals surface area (Å²) in [5.41, 5.74) is 7.70. The van der Waals surface area contributed by atoms with Crippen LogP contribution in [0.1, 0.15) is 45.6 Å². The second-order valence-corrected chi connectivity index (χ2v) is 6.74. The highest BCUT2D eigenvalue weighted by Gasteiger charge is 2.38. The first-order valence-corrected chi connectivity index (χ1v) is 8.34. The zero-order valence-electron chi connectivity index (χ0n) is 14.1. The third-order valence-electron chi connectivity index (χ3n) is 4.85. The molecule has 2 rings (SSSR count). The fourth-order valence-electron chi connectivity index (χ4n) is 3.11. The van der Waals surface area contributed by atoms with E-state index in [1.165, 1.54) is 5.56 Å². The number of hydrogen-bond donors (Lipinski definition) is 2. The number of carbonyl (C=O) groups is 1. The molecule has 0 radical (unpaired) electrons. The average Bonchev–Trinajstić information content (AvgIpc) is 3.00. The summed E-state index contributed by atoms with van der Waals surface area (Å²) in [6.45, 7) is 8.28. The smallest absolute Gasteiger partial charge is 0.241 e. The van der Waals surface area contributed by atoms with Crippen LogP contribution in [0.4, 0.5) is 5.69 Å². The van der Waals surface area contributed by atoms with Crippen LogP contribution in [0.15, 0.2) is 24.3 Å². The van der Waals surface area contributed by atoms with Gasteiger partial charge in [-0.25, -0.2) is 0 Å². The Kier molecular flexibility index (Phi) is 5.59. The first-order chi connectivity index (χ1) is 10.5. The lowest BCUT2D eigenvalue weighted by atomic mass is 9.98. The summed E-state index contributed by atoms with van der Waals surface area (Å²) < 4.78 is 0. The summed E-state index contributed by atoms with van der Waals surface area (Å²) in [6.07, 6.45) is 3.96. The summed E-state index contributed by atoms with van der Waals surface area (Å²) in [7, 11) is 0. The van der Waals surface area contributed by atoms with Crippen molar-refractivity contribution in [1.29, 1.82) is 0 Å². The third-order valence-corrected chi connectivity index (χ3v) is 4.85. The van der Waals surface area contributed by atoms with E-state index < -0.39 is 0 Å². The molecule has 3 N–H and O–H groups in total. The van der Waals surface area contributed by atoms with Gasteiger partial charge in [-0.05, 0) is 70.3 Å². The van der Waals surface area contributed by atoms with Gasteiger partial charge in [0.15, 0.2) is 0 Å². The molecule has 22 heavy (non-hydrogen) atoms. The Morgan fingerprint density at radius 2 is 2.05 bits per heavy atom. The first kappa shape index (κ1) is 17.0. The Morgan fingerprint density at radius 1 is 1.36 bits per heavy atom. The zero-order valence-corrected chi connectivity index (χ0v) is 14.1. The molecule has 0 bridgehead atoms. The zero-order chi connectivity index (χ0) is 16.2. The molecule has 1 aliphatic heterocycles. The second kappa shape index (κ2) is 7.25. The van der Waals surface area contributed by atoms with Crippen molar-refractivity contribution in [3.8, 4) is 0 Å². The molecule has 1 fully saturated rings. The van der Waals surface area contributed by atoms with Gasteiger partial charge < -0.3 is 11.1 Å². The number of amides is 1. The highest BCUT2D eigenvalue weighted by atomic mass is 16.2. The number of benzene rings is 1. The summed E-state index contributed by atoms with van der Waals surface area (Å²) in [6, 6.07) is 7.98. The van der Waals surface area contributed by atoms with Gasteiger partial charge in [-0.1, -0.05) is 19.1 Å². The number of hydrogen-bond acceptors (Lipinski definition) is 3. The lowest BCUT2D eigenvalue weighted by Gasteiger charge is -2.38. The van der Waals surface area contributed by atoms with Gasteiger partial charge in [0.1, 0.15) is 0 Å². The fraction of sp³-hybridized carbons (Fsp3) is 0.611.